The molecule has 0 aliphatic carbocycles. The van der Waals surface area contributed by atoms with Gasteiger partial charge in [-0.2, -0.15) is 5.10 Å². The van der Waals surface area contributed by atoms with Gasteiger partial charge in [-0.15, -0.1) is 0 Å². The molecule has 0 aliphatic heterocycles. The third-order valence-corrected chi connectivity index (χ3v) is 2.26. The van der Waals surface area contributed by atoms with Gasteiger partial charge in [0.25, 0.3) is 0 Å². The maximum atomic E-state index is 11.6. The molecule has 2 aromatic heterocycles. The van der Waals surface area contributed by atoms with Crippen molar-refractivity contribution in [3.05, 3.63) is 41.3 Å². The summed E-state index contributed by atoms with van der Waals surface area (Å²) in [6, 6.07) is 6.67. The Morgan fingerprint density at radius 2 is 2.29 bits per heavy atom. The summed E-state index contributed by atoms with van der Waals surface area (Å²) in [5.41, 5.74) is 0.321. The molecule has 0 saturated heterocycles. The van der Waals surface area contributed by atoms with Crippen LogP contribution in [0.2, 0.25) is 5.15 Å². The van der Waals surface area contributed by atoms with E-state index >= 15 is 0 Å². The topological polar surface area (TPSA) is 57.0 Å². The van der Waals surface area contributed by atoms with Crippen LogP contribution in [0.15, 0.2) is 30.5 Å². The summed E-state index contributed by atoms with van der Waals surface area (Å²) in [5.74, 6) is 0.0392. The highest BCUT2D eigenvalue weighted by Crippen LogP contribution is 2.12. The summed E-state index contributed by atoms with van der Waals surface area (Å²) in [6.45, 7) is 2.06. The van der Waals surface area contributed by atoms with Crippen LogP contribution in [0.1, 0.15) is 17.4 Å². The molecule has 0 atom stereocenters. The van der Waals surface area contributed by atoms with E-state index in [1.54, 1.807) is 31.2 Å². The van der Waals surface area contributed by atoms with Crippen LogP contribution in [0.3, 0.4) is 0 Å². The van der Waals surface area contributed by atoms with Gasteiger partial charge in [-0.1, -0.05) is 17.7 Å². The van der Waals surface area contributed by atoms with E-state index in [0.29, 0.717) is 23.3 Å². The van der Waals surface area contributed by atoms with Crippen molar-refractivity contribution in [3.63, 3.8) is 0 Å². The molecule has 0 aromatic carbocycles. The molecule has 88 valence electrons. The van der Waals surface area contributed by atoms with Crippen molar-refractivity contribution in [1.82, 2.24) is 14.8 Å². The van der Waals surface area contributed by atoms with Crippen molar-refractivity contribution < 1.29 is 9.53 Å². The summed E-state index contributed by atoms with van der Waals surface area (Å²) in [6.07, 6.45) is 1.51. The minimum absolute atomic E-state index is 0.312. The largest absolute Gasteiger partial charge is 0.461 e. The first-order valence-corrected chi connectivity index (χ1v) is 5.44. The number of ether oxygens (including phenoxy) is 1. The zero-order valence-corrected chi connectivity index (χ0v) is 9.89. The Bertz CT molecular complexity index is 539. The number of carbonyl (C=O) groups is 1. The van der Waals surface area contributed by atoms with E-state index in [-0.39, 0.29) is 0 Å². The van der Waals surface area contributed by atoms with Gasteiger partial charge < -0.3 is 4.74 Å². The van der Waals surface area contributed by atoms with Crippen LogP contribution in [0.25, 0.3) is 5.82 Å². The van der Waals surface area contributed by atoms with Gasteiger partial charge in [0.05, 0.1) is 12.8 Å². The Labute approximate surface area is 103 Å². The van der Waals surface area contributed by atoms with E-state index in [9.17, 15) is 4.79 Å². The van der Waals surface area contributed by atoms with Gasteiger partial charge in [-0.05, 0) is 25.1 Å². The standard InChI is InChI=1S/C11H10ClN3O2/c1-2-17-11(16)8-6-7-13-15(8)10-5-3-4-9(12)14-10/h3-7H,2H2,1H3. The zero-order valence-electron chi connectivity index (χ0n) is 9.13. The van der Waals surface area contributed by atoms with Crippen LogP contribution < -0.4 is 0 Å². The summed E-state index contributed by atoms with van der Waals surface area (Å²) >= 11 is 5.79. The van der Waals surface area contributed by atoms with Gasteiger partial charge in [0.1, 0.15) is 5.15 Å². The van der Waals surface area contributed by atoms with Crippen LogP contribution in [-0.2, 0) is 4.74 Å². The lowest BCUT2D eigenvalue weighted by Crippen LogP contribution is -2.12. The highest BCUT2D eigenvalue weighted by molar-refractivity contribution is 6.29. The number of esters is 1. The highest BCUT2D eigenvalue weighted by Gasteiger charge is 2.14. The van der Waals surface area contributed by atoms with Crippen molar-refractivity contribution >= 4 is 17.6 Å². The molecule has 2 aromatic rings. The molecule has 0 amide bonds. The lowest BCUT2D eigenvalue weighted by Gasteiger charge is -2.05. The van der Waals surface area contributed by atoms with E-state index in [1.165, 1.54) is 10.9 Å². The maximum Gasteiger partial charge on any atom is 0.357 e. The SMILES string of the molecule is CCOC(=O)c1ccnn1-c1cccc(Cl)n1. The van der Waals surface area contributed by atoms with Gasteiger partial charge >= 0.3 is 5.97 Å². The van der Waals surface area contributed by atoms with Gasteiger partial charge in [0.15, 0.2) is 11.5 Å². The Morgan fingerprint density at radius 3 is 3.00 bits per heavy atom. The third-order valence-electron chi connectivity index (χ3n) is 2.04. The van der Waals surface area contributed by atoms with E-state index in [1.807, 2.05) is 0 Å². The van der Waals surface area contributed by atoms with Crippen molar-refractivity contribution in [2.45, 2.75) is 6.92 Å². The van der Waals surface area contributed by atoms with Crippen LogP contribution in [-0.4, -0.2) is 27.3 Å². The van der Waals surface area contributed by atoms with E-state index in [4.69, 9.17) is 16.3 Å². The predicted molar refractivity (Wildman–Crippen MR) is 62.3 cm³/mol. The van der Waals surface area contributed by atoms with Crippen LogP contribution in [0.5, 0.6) is 0 Å². The predicted octanol–water partition coefficient (Wildman–Crippen LogP) is 2.10. The second kappa shape index (κ2) is 4.97. The summed E-state index contributed by atoms with van der Waals surface area (Å²) < 4.78 is 6.31. The Morgan fingerprint density at radius 1 is 1.47 bits per heavy atom. The Balaban J connectivity index is 2.40. The summed E-state index contributed by atoms with van der Waals surface area (Å²) in [7, 11) is 0. The molecule has 2 rings (SSSR count). The average molecular weight is 252 g/mol. The molecule has 6 heteroatoms. The van der Waals surface area contributed by atoms with Gasteiger partial charge in [-0.3, -0.25) is 0 Å². The molecule has 0 unspecified atom stereocenters. The van der Waals surface area contributed by atoms with E-state index in [2.05, 4.69) is 10.1 Å². The fourth-order valence-electron chi connectivity index (χ4n) is 1.36. The molecule has 0 spiro atoms. The summed E-state index contributed by atoms with van der Waals surface area (Å²) in [4.78, 5) is 15.7. The second-order valence-corrected chi connectivity index (χ2v) is 3.55. The molecular formula is C11H10ClN3O2. The van der Waals surface area contributed by atoms with E-state index < -0.39 is 5.97 Å². The summed E-state index contributed by atoms with van der Waals surface area (Å²) in [5, 5.41) is 4.37. The number of rotatable bonds is 3. The van der Waals surface area contributed by atoms with Gasteiger partial charge in [-0.25, -0.2) is 14.5 Å². The minimum Gasteiger partial charge on any atom is -0.461 e. The fraction of sp³-hybridized carbons (Fsp3) is 0.182. The normalized spacial score (nSPS) is 10.2. The maximum absolute atomic E-state index is 11.6. The quantitative estimate of drug-likeness (QED) is 0.619. The number of halogens is 1. The number of nitrogens with zero attached hydrogens (tertiary/aromatic N) is 3. The second-order valence-electron chi connectivity index (χ2n) is 3.17. The monoisotopic (exact) mass is 251 g/mol. The minimum atomic E-state index is -0.438. The van der Waals surface area contributed by atoms with Crippen molar-refractivity contribution in [1.29, 1.82) is 0 Å². The first-order valence-electron chi connectivity index (χ1n) is 5.06. The van der Waals surface area contributed by atoms with Crippen LogP contribution in [0, 0.1) is 0 Å². The number of hydrogen-bond donors (Lipinski definition) is 0. The van der Waals surface area contributed by atoms with Crippen molar-refractivity contribution in [2.75, 3.05) is 6.61 Å². The van der Waals surface area contributed by atoms with Gasteiger partial charge in [0, 0.05) is 0 Å². The Kier molecular flexibility index (Phi) is 3.39. The molecule has 0 N–H and O–H groups in total. The zero-order chi connectivity index (χ0) is 12.3. The van der Waals surface area contributed by atoms with Crippen LogP contribution >= 0.6 is 11.6 Å². The molecule has 2 heterocycles. The lowest BCUT2D eigenvalue weighted by atomic mass is 10.4. The van der Waals surface area contributed by atoms with Crippen LogP contribution in [0.4, 0.5) is 0 Å². The fourth-order valence-corrected chi connectivity index (χ4v) is 1.52. The smallest absolute Gasteiger partial charge is 0.357 e. The first-order chi connectivity index (χ1) is 8.22. The highest BCUT2D eigenvalue weighted by atomic mass is 35.5. The first kappa shape index (κ1) is 11.6. The van der Waals surface area contributed by atoms with Crippen molar-refractivity contribution in [2.24, 2.45) is 0 Å². The molecule has 17 heavy (non-hydrogen) atoms. The van der Waals surface area contributed by atoms with Gasteiger partial charge in [0.2, 0.25) is 0 Å². The third kappa shape index (κ3) is 2.45. The molecular weight excluding hydrogens is 242 g/mol. The lowest BCUT2D eigenvalue weighted by molar-refractivity contribution is 0.0515. The molecule has 0 radical (unpaired) electrons. The number of carbonyl (C=O) groups excluding carboxylic acids is 1. The molecule has 0 saturated carbocycles. The molecule has 0 aliphatic rings. The van der Waals surface area contributed by atoms with E-state index in [0.717, 1.165) is 0 Å². The molecule has 0 bridgehead atoms. The number of aromatic nitrogens is 3. The molecule has 0 fully saturated rings. The van der Waals surface area contributed by atoms with Crippen molar-refractivity contribution in [3.8, 4) is 5.82 Å². The Hall–Kier alpha value is -1.88. The average Bonchev–Trinajstić information content (AvgIpc) is 2.78. The molecule has 5 nitrogen and oxygen atoms in total. The number of pyridine rings is 1. The number of hydrogen-bond acceptors (Lipinski definition) is 4.